The van der Waals surface area contributed by atoms with E-state index in [0.717, 1.165) is 19.4 Å². The summed E-state index contributed by atoms with van der Waals surface area (Å²) in [4.78, 5) is 14.5. The first-order chi connectivity index (χ1) is 9.46. The van der Waals surface area contributed by atoms with Crippen molar-refractivity contribution in [3.05, 3.63) is 0 Å². The minimum absolute atomic E-state index is 0.141. The predicted molar refractivity (Wildman–Crippen MR) is 82.5 cm³/mol. The lowest BCUT2D eigenvalue weighted by molar-refractivity contribution is -0.123. The molecule has 2 rings (SSSR count). The second-order valence-electron chi connectivity index (χ2n) is 7.20. The lowest BCUT2D eigenvalue weighted by atomic mass is 9.80. The van der Waals surface area contributed by atoms with Gasteiger partial charge >= 0.3 is 0 Å². The largest absolute Gasteiger partial charge is 0.354 e. The van der Waals surface area contributed by atoms with Crippen LogP contribution >= 0.6 is 0 Å². The maximum absolute atomic E-state index is 12.2. The zero-order chi connectivity index (χ0) is 14.6. The van der Waals surface area contributed by atoms with Crippen molar-refractivity contribution in [2.24, 2.45) is 5.73 Å². The Hall–Kier alpha value is -0.610. The Morgan fingerprint density at radius 2 is 1.60 bits per heavy atom. The van der Waals surface area contributed by atoms with Crippen LogP contribution in [0.25, 0.3) is 0 Å². The number of carbonyl (C=O) groups excluding carboxylic acids is 1. The van der Waals surface area contributed by atoms with Crippen LogP contribution in [-0.2, 0) is 4.79 Å². The van der Waals surface area contributed by atoms with Crippen molar-refractivity contribution in [1.29, 1.82) is 0 Å². The van der Waals surface area contributed by atoms with Gasteiger partial charge in [0.25, 0.3) is 0 Å². The molecule has 4 heteroatoms. The topological polar surface area (TPSA) is 58.4 Å². The van der Waals surface area contributed by atoms with E-state index in [4.69, 9.17) is 5.73 Å². The minimum Gasteiger partial charge on any atom is -0.354 e. The van der Waals surface area contributed by atoms with Crippen LogP contribution in [0, 0.1) is 0 Å². The van der Waals surface area contributed by atoms with Crippen LogP contribution in [-0.4, -0.2) is 42.5 Å². The lowest BCUT2D eigenvalue weighted by Gasteiger charge is -2.37. The number of nitrogens with zero attached hydrogens (tertiary/aromatic N) is 1. The van der Waals surface area contributed by atoms with Gasteiger partial charge in [0.15, 0.2) is 0 Å². The summed E-state index contributed by atoms with van der Waals surface area (Å²) < 4.78 is 0. The molecule has 2 aliphatic rings. The number of rotatable bonds is 5. The third-order valence-electron chi connectivity index (χ3n) is 5.46. The average molecular weight is 281 g/mol. The molecular formula is C16H31N3O. The number of carbonyl (C=O) groups is 1. The fraction of sp³-hybridized carbons (Fsp3) is 0.938. The van der Waals surface area contributed by atoms with E-state index in [2.05, 4.69) is 24.3 Å². The van der Waals surface area contributed by atoms with Crippen LogP contribution in [0.1, 0.15) is 64.2 Å². The van der Waals surface area contributed by atoms with Crippen molar-refractivity contribution in [2.75, 3.05) is 20.6 Å². The van der Waals surface area contributed by atoms with Crippen molar-refractivity contribution >= 4 is 5.91 Å². The van der Waals surface area contributed by atoms with E-state index in [1.54, 1.807) is 0 Å². The molecule has 0 saturated heterocycles. The fourth-order valence-corrected chi connectivity index (χ4v) is 3.89. The van der Waals surface area contributed by atoms with Gasteiger partial charge in [0.2, 0.25) is 5.91 Å². The van der Waals surface area contributed by atoms with Gasteiger partial charge in [-0.25, -0.2) is 0 Å². The second-order valence-corrected chi connectivity index (χ2v) is 7.20. The van der Waals surface area contributed by atoms with Crippen LogP contribution in [0.2, 0.25) is 0 Å². The van der Waals surface area contributed by atoms with Gasteiger partial charge in [0.05, 0.1) is 0 Å². The van der Waals surface area contributed by atoms with Crippen molar-refractivity contribution in [1.82, 2.24) is 10.2 Å². The molecule has 116 valence electrons. The molecule has 1 amide bonds. The van der Waals surface area contributed by atoms with Gasteiger partial charge in [0.1, 0.15) is 0 Å². The third-order valence-corrected chi connectivity index (χ3v) is 5.46. The summed E-state index contributed by atoms with van der Waals surface area (Å²) in [5, 5.41) is 3.16. The first-order valence-corrected chi connectivity index (χ1v) is 8.19. The zero-order valence-corrected chi connectivity index (χ0v) is 13.2. The molecule has 0 heterocycles. The molecule has 0 unspecified atom stereocenters. The molecule has 0 atom stereocenters. The van der Waals surface area contributed by atoms with Crippen LogP contribution in [0.15, 0.2) is 0 Å². The lowest BCUT2D eigenvalue weighted by Crippen LogP contribution is -2.52. The first-order valence-electron chi connectivity index (χ1n) is 8.19. The molecule has 0 radical (unpaired) electrons. The van der Waals surface area contributed by atoms with E-state index >= 15 is 0 Å². The maximum Gasteiger partial charge on any atom is 0.221 e. The summed E-state index contributed by atoms with van der Waals surface area (Å²) in [6.45, 7) is 0.773. The van der Waals surface area contributed by atoms with Gasteiger partial charge in [-0.15, -0.1) is 0 Å². The average Bonchev–Trinajstić information content (AvgIpc) is 2.87. The number of hydrogen-bond acceptors (Lipinski definition) is 3. The molecule has 0 aliphatic heterocycles. The van der Waals surface area contributed by atoms with Gasteiger partial charge in [-0.05, 0) is 39.8 Å². The number of amides is 1. The molecule has 3 N–H and O–H groups in total. The Morgan fingerprint density at radius 3 is 2.15 bits per heavy atom. The molecular weight excluding hydrogens is 250 g/mol. The normalized spacial score (nSPS) is 24.8. The van der Waals surface area contributed by atoms with E-state index < -0.39 is 0 Å². The van der Waals surface area contributed by atoms with Gasteiger partial charge in [-0.1, -0.05) is 32.1 Å². The van der Waals surface area contributed by atoms with E-state index in [1.807, 2.05) is 0 Å². The smallest absolute Gasteiger partial charge is 0.221 e. The van der Waals surface area contributed by atoms with Gasteiger partial charge in [0, 0.05) is 24.0 Å². The molecule has 2 saturated carbocycles. The highest BCUT2D eigenvalue weighted by Gasteiger charge is 2.37. The summed E-state index contributed by atoms with van der Waals surface area (Å²) in [5.74, 6) is 0.141. The van der Waals surface area contributed by atoms with Crippen LogP contribution in [0.5, 0.6) is 0 Å². The highest BCUT2D eigenvalue weighted by atomic mass is 16.1. The standard InChI is InChI=1S/C16H31N3O/c1-19(2)16(10-6-7-11-16)13-18-14(20)12-15(17)8-4-3-5-9-15/h3-13,17H2,1-2H3,(H,18,20). The number of nitrogens with two attached hydrogens (primary N) is 1. The quantitative estimate of drug-likeness (QED) is 0.810. The summed E-state index contributed by atoms with van der Waals surface area (Å²) >= 11 is 0. The SMILES string of the molecule is CN(C)C1(CNC(=O)CC2(N)CCCCC2)CCCC1. The number of hydrogen-bond donors (Lipinski definition) is 2. The Morgan fingerprint density at radius 1 is 1.05 bits per heavy atom. The predicted octanol–water partition coefficient (Wildman–Crippen LogP) is 2.03. The van der Waals surface area contributed by atoms with Gasteiger partial charge in [-0.2, -0.15) is 0 Å². The highest BCUT2D eigenvalue weighted by molar-refractivity contribution is 5.77. The molecule has 0 aromatic heterocycles. The van der Waals surface area contributed by atoms with Crippen molar-refractivity contribution in [3.63, 3.8) is 0 Å². The Labute approximate surface area is 123 Å². The molecule has 0 aromatic rings. The fourth-order valence-electron chi connectivity index (χ4n) is 3.89. The van der Waals surface area contributed by atoms with E-state index in [9.17, 15) is 4.79 Å². The maximum atomic E-state index is 12.2. The van der Waals surface area contributed by atoms with E-state index in [-0.39, 0.29) is 17.0 Å². The van der Waals surface area contributed by atoms with Crippen LogP contribution in [0.3, 0.4) is 0 Å². The Balaban J connectivity index is 1.82. The molecule has 20 heavy (non-hydrogen) atoms. The second kappa shape index (κ2) is 6.44. The van der Waals surface area contributed by atoms with E-state index in [1.165, 1.54) is 44.9 Å². The zero-order valence-electron chi connectivity index (χ0n) is 13.2. The molecule has 0 bridgehead atoms. The molecule has 4 nitrogen and oxygen atoms in total. The Bertz CT molecular complexity index is 329. The van der Waals surface area contributed by atoms with Gasteiger partial charge in [-0.3, -0.25) is 4.79 Å². The van der Waals surface area contributed by atoms with E-state index in [0.29, 0.717) is 6.42 Å². The molecule has 2 fully saturated rings. The minimum atomic E-state index is -0.247. The monoisotopic (exact) mass is 281 g/mol. The van der Waals surface area contributed by atoms with Crippen molar-refractivity contribution in [3.8, 4) is 0 Å². The summed E-state index contributed by atoms with van der Waals surface area (Å²) in [7, 11) is 4.26. The number of nitrogens with one attached hydrogen (secondary N) is 1. The van der Waals surface area contributed by atoms with Gasteiger partial charge < -0.3 is 16.0 Å². The number of likely N-dealkylation sites (N-methyl/N-ethyl adjacent to an activating group) is 1. The summed E-state index contributed by atoms with van der Waals surface area (Å²) in [5.41, 5.74) is 6.29. The third kappa shape index (κ3) is 3.73. The molecule has 2 aliphatic carbocycles. The van der Waals surface area contributed by atoms with Crippen LogP contribution in [0.4, 0.5) is 0 Å². The molecule has 0 aromatic carbocycles. The molecule has 0 spiro atoms. The highest BCUT2D eigenvalue weighted by Crippen LogP contribution is 2.33. The Kier molecular flexibility index (Phi) is 5.08. The first kappa shape index (κ1) is 15.8. The van der Waals surface area contributed by atoms with Crippen LogP contribution < -0.4 is 11.1 Å². The summed E-state index contributed by atoms with van der Waals surface area (Å²) in [6, 6.07) is 0. The van der Waals surface area contributed by atoms with Crippen molar-refractivity contribution < 1.29 is 4.79 Å². The van der Waals surface area contributed by atoms with Crippen molar-refractivity contribution in [2.45, 2.75) is 75.3 Å². The summed E-state index contributed by atoms with van der Waals surface area (Å²) in [6.07, 6.45) is 11.0.